The molecule has 0 heterocycles. The molecule has 3 heteroatoms. The molecule has 0 N–H and O–H groups in total. The highest BCUT2D eigenvalue weighted by Gasteiger charge is 2.25. The van der Waals surface area contributed by atoms with Crippen LogP contribution in [0.4, 0.5) is 0 Å². The Morgan fingerprint density at radius 1 is 1.00 bits per heavy atom. The summed E-state index contributed by atoms with van der Waals surface area (Å²) in [6.07, 6.45) is 11.5. The molecule has 0 spiro atoms. The lowest BCUT2D eigenvalue weighted by Gasteiger charge is -2.16. The van der Waals surface area contributed by atoms with Gasteiger partial charge < -0.3 is 0 Å². The first-order valence-corrected chi connectivity index (χ1v) is 10.1. The molecule has 124 valence electrons. The van der Waals surface area contributed by atoms with E-state index in [9.17, 15) is 8.42 Å². The van der Waals surface area contributed by atoms with Crippen molar-refractivity contribution in [3.05, 3.63) is 43.0 Å². The molecule has 0 amide bonds. The fourth-order valence-corrected chi connectivity index (χ4v) is 4.51. The van der Waals surface area contributed by atoms with E-state index in [1.165, 1.54) is 32.1 Å². The van der Waals surface area contributed by atoms with E-state index in [0.29, 0.717) is 11.3 Å². The van der Waals surface area contributed by atoms with Gasteiger partial charge in [-0.3, -0.25) is 0 Å². The van der Waals surface area contributed by atoms with Crippen molar-refractivity contribution < 1.29 is 8.42 Å². The van der Waals surface area contributed by atoms with Gasteiger partial charge in [0, 0.05) is 0 Å². The Morgan fingerprint density at radius 3 is 2.18 bits per heavy atom. The molecule has 0 aliphatic heterocycles. The largest absolute Gasteiger partial charge is 0.223 e. The van der Waals surface area contributed by atoms with Gasteiger partial charge in [-0.15, -0.1) is 6.58 Å². The molecule has 0 saturated heterocycles. The van der Waals surface area contributed by atoms with Crippen molar-refractivity contribution in [2.45, 2.75) is 74.9 Å². The molecule has 0 bridgehead atoms. The minimum absolute atomic E-state index is 0.331. The Bertz CT molecular complexity index is 505. The predicted octanol–water partition coefficient (Wildman–Crippen LogP) is 5.55. The van der Waals surface area contributed by atoms with Gasteiger partial charge in [0.05, 0.1) is 10.1 Å². The van der Waals surface area contributed by atoms with E-state index in [4.69, 9.17) is 0 Å². The van der Waals surface area contributed by atoms with Gasteiger partial charge >= 0.3 is 0 Å². The van der Waals surface area contributed by atoms with Gasteiger partial charge in [0.25, 0.3) is 0 Å². The van der Waals surface area contributed by atoms with Crippen LogP contribution in [0, 0.1) is 0 Å². The Morgan fingerprint density at radius 2 is 1.59 bits per heavy atom. The van der Waals surface area contributed by atoms with E-state index in [0.717, 1.165) is 19.3 Å². The van der Waals surface area contributed by atoms with Crippen molar-refractivity contribution >= 4 is 9.84 Å². The molecular formula is C19H30O2S. The fourth-order valence-electron chi connectivity index (χ4n) is 2.72. The molecule has 0 fully saturated rings. The number of sulfone groups is 1. The highest BCUT2D eigenvalue weighted by molar-refractivity contribution is 7.92. The van der Waals surface area contributed by atoms with Crippen LogP contribution < -0.4 is 0 Å². The topological polar surface area (TPSA) is 34.1 Å². The molecule has 2 nitrogen and oxygen atoms in total. The number of unbranched alkanes of at least 4 members (excludes halogenated alkanes) is 6. The third kappa shape index (κ3) is 6.35. The van der Waals surface area contributed by atoms with Crippen LogP contribution in [0.25, 0.3) is 0 Å². The van der Waals surface area contributed by atoms with Crippen molar-refractivity contribution in [1.29, 1.82) is 0 Å². The van der Waals surface area contributed by atoms with Crippen LogP contribution in [0.5, 0.6) is 0 Å². The Balaban J connectivity index is 2.50. The van der Waals surface area contributed by atoms with Gasteiger partial charge in [-0.05, 0) is 25.0 Å². The molecule has 1 atom stereocenters. The van der Waals surface area contributed by atoms with Crippen molar-refractivity contribution in [2.24, 2.45) is 0 Å². The highest BCUT2D eigenvalue weighted by atomic mass is 32.2. The summed E-state index contributed by atoms with van der Waals surface area (Å²) in [5, 5.41) is -0.331. The van der Waals surface area contributed by atoms with Crippen LogP contribution in [0.1, 0.15) is 64.7 Å². The molecule has 1 aromatic carbocycles. The Hall–Kier alpha value is -1.09. The average Bonchev–Trinajstić information content (AvgIpc) is 2.53. The minimum atomic E-state index is -3.24. The molecule has 1 aromatic rings. The van der Waals surface area contributed by atoms with E-state index in [2.05, 4.69) is 13.5 Å². The minimum Gasteiger partial charge on any atom is -0.223 e. The molecule has 0 radical (unpaired) electrons. The molecule has 0 aromatic heterocycles. The SMILES string of the molecule is C=CCC(CCCCCCCCC)S(=O)(=O)c1ccccc1. The highest BCUT2D eigenvalue weighted by Crippen LogP contribution is 2.23. The zero-order valence-corrected chi connectivity index (χ0v) is 14.7. The predicted molar refractivity (Wildman–Crippen MR) is 94.8 cm³/mol. The number of hydrogen-bond acceptors (Lipinski definition) is 2. The summed E-state index contributed by atoms with van der Waals surface area (Å²) in [6.45, 7) is 5.94. The van der Waals surface area contributed by atoms with E-state index >= 15 is 0 Å². The third-order valence-corrected chi connectivity index (χ3v) is 6.30. The standard InChI is InChI=1S/C19H30O2S/c1-3-5-6-7-8-9-11-15-18(14-4-2)22(20,21)19-16-12-10-13-17-19/h4,10,12-13,16-18H,2-3,5-9,11,14-15H2,1H3. The van der Waals surface area contributed by atoms with Gasteiger partial charge in [-0.1, -0.05) is 76.1 Å². The molecule has 22 heavy (non-hydrogen) atoms. The maximum absolute atomic E-state index is 12.7. The average molecular weight is 323 g/mol. The summed E-state index contributed by atoms with van der Waals surface area (Å²) in [4.78, 5) is 0.435. The van der Waals surface area contributed by atoms with E-state index in [-0.39, 0.29) is 5.25 Å². The molecule has 0 aliphatic carbocycles. The molecule has 1 rings (SSSR count). The number of hydrogen-bond donors (Lipinski definition) is 0. The van der Waals surface area contributed by atoms with Crippen molar-refractivity contribution in [2.75, 3.05) is 0 Å². The van der Waals surface area contributed by atoms with Crippen LogP contribution in [0.15, 0.2) is 47.9 Å². The summed E-state index contributed by atoms with van der Waals surface area (Å²) in [5.74, 6) is 0. The van der Waals surface area contributed by atoms with Crippen LogP contribution in [0.3, 0.4) is 0 Å². The number of allylic oxidation sites excluding steroid dienone is 1. The maximum Gasteiger partial charge on any atom is 0.181 e. The second-order valence-corrected chi connectivity index (χ2v) is 8.14. The van der Waals surface area contributed by atoms with Crippen molar-refractivity contribution in [3.63, 3.8) is 0 Å². The third-order valence-electron chi connectivity index (χ3n) is 4.07. The van der Waals surface area contributed by atoms with Gasteiger partial charge in [0.2, 0.25) is 0 Å². The van der Waals surface area contributed by atoms with Gasteiger partial charge in [-0.25, -0.2) is 8.42 Å². The molecular weight excluding hydrogens is 292 g/mol. The summed E-state index contributed by atoms with van der Waals surface area (Å²) < 4.78 is 25.4. The van der Waals surface area contributed by atoms with E-state index in [1.54, 1.807) is 30.3 Å². The Labute approximate surface area is 136 Å². The summed E-state index contributed by atoms with van der Waals surface area (Å²) >= 11 is 0. The first-order valence-electron chi connectivity index (χ1n) is 8.52. The second kappa shape index (κ2) is 10.6. The second-order valence-electron chi connectivity index (χ2n) is 5.91. The maximum atomic E-state index is 12.7. The zero-order chi connectivity index (χ0) is 16.3. The normalized spacial score (nSPS) is 13.0. The monoisotopic (exact) mass is 322 g/mol. The molecule has 0 saturated carbocycles. The smallest absolute Gasteiger partial charge is 0.181 e. The lowest BCUT2D eigenvalue weighted by atomic mass is 10.1. The van der Waals surface area contributed by atoms with Gasteiger partial charge in [0.1, 0.15) is 0 Å². The zero-order valence-electron chi connectivity index (χ0n) is 13.8. The lowest BCUT2D eigenvalue weighted by molar-refractivity contribution is 0.542. The Kier molecular flexibility index (Phi) is 9.14. The first-order chi connectivity index (χ1) is 10.6. The molecule has 1 unspecified atom stereocenters. The van der Waals surface area contributed by atoms with E-state index in [1.807, 2.05) is 6.07 Å². The first kappa shape index (κ1) is 19.0. The summed E-state index contributed by atoms with van der Waals surface area (Å²) in [7, 11) is -3.24. The molecule has 0 aliphatic rings. The quantitative estimate of drug-likeness (QED) is 0.374. The van der Waals surface area contributed by atoms with Crippen molar-refractivity contribution in [1.82, 2.24) is 0 Å². The lowest BCUT2D eigenvalue weighted by Crippen LogP contribution is -2.21. The fraction of sp³-hybridized carbons (Fsp3) is 0.579. The van der Waals surface area contributed by atoms with Crippen LogP contribution >= 0.6 is 0 Å². The van der Waals surface area contributed by atoms with Crippen LogP contribution in [0.2, 0.25) is 0 Å². The summed E-state index contributed by atoms with van der Waals surface area (Å²) in [6, 6.07) is 8.79. The number of rotatable bonds is 12. The number of benzene rings is 1. The van der Waals surface area contributed by atoms with Gasteiger partial charge in [-0.2, -0.15) is 0 Å². The van der Waals surface area contributed by atoms with Crippen molar-refractivity contribution in [3.8, 4) is 0 Å². The van der Waals surface area contributed by atoms with Crippen LogP contribution in [-0.2, 0) is 9.84 Å². The van der Waals surface area contributed by atoms with E-state index < -0.39 is 9.84 Å². The summed E-state index contributed by atoms with van der Waals surface area (Å²) in [5.41, 5.74) is 0. The van der Waals surface area contributed by atoms with Crippen LogP contribution in [-0.4, -0.2) is 13.7 Å². The van der Waals surface area contributed by atoms with Gasteiger partial charge in [0.15, 0.2) is 9.84 Å².